The molecule has 36 heavy (non-hydrogen) atoms. The number of benzene rings is 2. The number of hydrogen-bond acceptors (Lipinski definition) is 8. The van der Waals surface area contributed by atoms with Crippen molar-refractivity contribution in [3.05, 3.63) is 92.0 Å². The molecule has 2 atom stereocenters. The number of amides is 2. The molecule has 2 aromatic carbocycles. The summed E-state index contributed by atoms with van der Waals surface area (Å²) < 4.78 is 5.40. The number of ether oxygens (including phenoxy) is 1. The van der Waals surface area contributed by atoms with Gasteiger partial charge in [0.2, 0.25) is 5.91 Å². The number of halogens is 1. The van der Waals surface area contributed by atoms with E-state index in [-0.39, 0.29) is 30.4 Å². The van der Waals surface area contributed by atoms with Crippen LogP contribution in [-0.4, -0.2) is 45.6 Å². The number of nitrogens with one attached hydrogen (secondary N) is 2. The van der Waals surface area contributed by atoms with Gasteiger partial charge in [-0.2, -0.15) is 0 Å². The first-order valence-corrected chi connectivity index (χ1v) is 12.1. The number of thioether (sulfide) groups is 1. The lowest BCUT2D eigenvalue weighted by Crippen LogP contribution is -2.70. The summed E-state index contributed by atoms with van der Waals surface area (Å²) in [5, 5.41) is 15.9. The quantitative estimate of drug-likeness (QED) is 0.230. The number of hydrogen-bond donors (Lipinski definition) is 2. The van der Waals surface area contributed by atoms with Gasteiger partial charge in [0.05, 0.1) is 11.5 Å². The SMILES string of the molecule is CC1=C(C(=O)OCc2ccc([N+](=O)[O-])cc2)N2C(=O)C(NC(=O)CNc3ccccc3)[C@@H]2SC1=CCl. The largest absolute Gasteiger partial charge is 0.456 e. The number of esters is 1. The second-order valence-corrected chi connectivity index (χ2v) is 9.30. The summed E-state index contributed by atoms with van der Waals surface area (Å²) in [4.78, 5) is 50.6. The number of carbonyl (C=O) groups is 3. The standard InChI is InChI=1S/C24H21ClN4O6S/c1-14-18(11-25)36-23-20(27-19(30)12-26-16-5-3-2-4-6-16)22(31)28(23)21(14)24(32)35-13-15-7-9-17(10-8-15)29(33)34/h2-11,20,23,26H,12-13H2,1H3,(H,27,30)/t20?,23-/m0/s1. The Morgan fingerprint density at radius 3 is 2.53 bits per heavy atom. The van der Waals surface area contributed by atoms with Gasteiger partial charge in [-0.1, -0.05) is 41.6 Å². The van der Waals surface area contributed by atoms with Crippen molar-refractivity contribution < 1.29 is 24.0 Å². The summed E-state index contributed by atoms with van der Waals surface area (Å²) in [6.45, 7) is 1.49. The van der Waals surface area contributed by atoms with E-state index >= 15 is 0 Å². The van der Waals surface area contributed by atoms with Gasteiger partial charge in [-0.3, -0.25) is 24.6 Å². The molecule has 186 valence electrons. The van der Waals surface area contributed by atoms with E-state index in [9.17, 15) is 24.5 Å². The number of nitro benzene ring substituents is 1. The molecule has 0 aromatic heterocycles. The highest BCUT2D eigenvalue weighted by Crippen LogP contribution is 2.46. The molecule has 2 heterocycles. The summed E-state index contributed by atoms with van der Waals surface area (Å²) >= 11 is 7.25. The van der Waals surface area contributed by atoms with Gasteiger partial charge in [0.1, 0.15) is 23.7 Å². The molecule has 0 spiro atoms. The highest BCUT2D eigenvalue weighted by molar-refractivity contribution is 8.04. The first-order valence-electron chi connectivity index (χ1n) is 10.8. The maximum absolute atomic E-state index is 13.0. The number of allylic oxidation sites excluding steroid dienone is 1. The fourth-order valence-electron chi connectivity index (χ4n) is 3.72. The number of nitro groups is 1. The van der Waals surface area contributed by atoms with Crippen LogP contribution in [0.5, 0.6) is 0 Å². The molecular weight excluding hydrogens is 508 g/mol. The number of para-hydroxylation sites is 1. The van der Waals surface area contributed by atoms with Crippen molar-refractivity contribution in [3.8, 4) is 0 Å². The average Bonchev–Trinajstić information content (AvgIpc) is 2.89. The van der Waals surface area contributed by atoms with Crippen LogP contribution in [0.15, 0.2) is 76.3 Å². The topological polar surface area (TPSA) is 131 Å². The Bertz CT molecular complexity index is 1270. The minimum atomic E-state index is -0.836. The van der Waals surface area contributed by atoms with Crippen LogP contribution < -0.4 is 10.6 Å². The monoisotopic (exact) mass is 528 g/mol. The lowest BCUT2D eigenvalue weighted by atomic mass is 10.0. The Kier molecular flexibility index (Phi) is 7.61. The van der Waals surface area contributed by atoms with E-state index in [4.69, 9.17) is 16.3 Å². The van der Waals surface area contributed by atoms with Crippen LogP contribution in [0.2, 0.25) is 0 Å². The third kappa shape index (κ3) is 5.21. The van der Waals surface area contributed by atoms with Gasteiger partial charge in [-0.15, -0.1) is 0 Å². The van der Waals surface area contributed by atoms with E-state index in [0.29, 0.717) is 16.0 Å². The number of β-lactam (4-membered cyclic amide) rings is 1. The van der Waals surface area contributed by atoms with E-state index < -0.39 is 28.2 Å². The Balaban J connectivity index is 1.42. The fourth-order valence-corrected chi connectivity index (χ4v) is 5.26. The first kappa shape index (κ1) is 25.3. The zero-order valence-electron chi connectivity index (χ0n) is 19.0. The van der Waals surface area contributed by atoms with Gasteiger partial charge in [0, 0.05) is 28.3 Å². The smallest absolute Gasteiger partial charge is 0.355 e. The molecule has 2 aromatic rings. The summed E-state index contributed by atoms with van der Waals surface area (Å²) in [7, 11) is 0. The van der Waals surface area contributed by atoms with Gasteiger partial charge >= 0.3 is 5.97 Å². The summed E-state index contributed by atoms with van der Waals surface area (Å²) in [6.07, 6.45) is 0. The predicted molar refractivity (Wildman–Crippen MR) is 135 cm³/mol. The zero-order valence-corrected chi connectivity index (χ0v) is 20.5. The van der Waals surface area contributed by atoms with Crippen LogP contribution in [0.3, 0.4) is 0 Å². The Morgan fingerprint density at radius 2 is 1.89 bits per heavy atom. The molecule has 2 N–H and O–H groups in total. The lowest BCUT2D eigenvalue weighted by molar-refractivity contribution is -0.384. The van der Waals surface area contributed by atoms with E-state index in [1.807, 2.05) is 30.3 Å². The molecule has 2 aliphatic heterocycles. The van der Waals surface area contributed by atoms with Crippen LogP contribution in [0, 0.1) is 10.1 Å². The highest BCUT2D eigenvalue weighted by atomic mass is 35.5. The van der Waals surface area contributed by atoms with E-state index in [1.165, 1.54) is 46.5 Å². The van der Waals surface area contributed by atoms with Crippen molar-refractivity contribution in [2.45, 2.75) is 24.9 Å². The summed E-state index contributed by atoms with van der Waals surface area (Å²) in [6, 6.07) is 13.9. The minimum Gasteiger partial charge on any atom is -0.456 e. The van der Waals surface area contributed by atoms with Gasteiger partial charge < -0.3 is 15.4 Å². The van der Waals surface area contributed by atoms with E-state index in [0.717, 1.165) is 5.69 Å². The van der Waals surface area contributed by atoms with Gasteiger partial charge in [-0.05, 0) is 42.3 Å². The van der Waals surface area contributed by atoms with Crippen molar-refractivity contribution in [2.24, 2.45) is 0 Å². The van der Waals surface area contributed by atoms with E-state index in [2.05, 4.69) is 10.6 Å². The third-order valence-electron chi connectivity index (χ3n) is 5.61. The van der Waals surface area contributed by atoms with Crippen LogP contribution in [0.4, 0.5) is 11.4 Å². The first-order chi connectivity index (χ1) is 17.3. The van der Waals surface area contributed by atoms with Crippen LogP contribution >= 0.6 is 23.4 Å². The maximum Gasteiger partial charge on any atom is 0.355 e. The molecule has 12 heteroatoms. The van der Waals surface area contributed by atoms with Crippen LogP contribution in [0.1, 0.15) is 12.5 Å². The molecule has 0 radical (unpaired) electrons. The number of anilines is 1. The fraction of sp³-hybridized carbons (Fsp3) is 0.208. The molecule has 1 unspecified atom stereocenters. The molecule has 10 nitrogen and oxygen atoms in total. The van der Waals surface area contributed by atoms with Gasteiger partial charge in [0.15, 0.2) is 0 Å². The summed E-state index contributed by atoms with van der Waals surface area (Å²) in [5.41, 5.74) is 3.08. The molecule has 4 rings (SSSR count). The van der Waals surface area contributed by atoms with Crippen LogP contribution in [-0.2, 0) is 25.7 Å². The molecule has 2 amide bonds. The Morgan fingerprint density at radius 1 is 1.19 bits per heavy atom. The molecule has 0 saturated carbocycles. The molecular formula is C24H21ClN4O6S. The minimum absolute atomic E-state index is 0.0254. The normalized spacial score (nSPS) is 19.9. The number of fused-ring (bicyclic) bond motifs is 1. The summed E-state index contributed by atoms with van der Waals surface area (Å²) in [5.74, 6) is -1.55. The van der Waals surface area contributed by atoms with Crippen molar-refractivity contribution >= 4 is 52.5 Å². The van der Waals surface area contributed by atoms with Gasteiger partial charge in [-0.25, -0.2) is 4.79 Å². The van der Waals surface area contributed by atoms with Crippen molar-refractivity contribution in [2.75, 3.05) is 11.9 Å². The maximum atomic E-state index is 13.0. The van der Waals surface area contributed by atoms with E-state index in [1.54, 1.807) is 6.92 Å². The van der Waals surface area contributed by atoms with Gasteiger partial charge in [0.25, 0.3) is 11.6 Å². The van der Waals surface area contributed by atoms with Crippen molar-refractivity contribution in [1.29, 1.82) is 0 Å². The van der Waals surface area contributed by atoms with Crippen molar-refractivity contribution in [1.82, 2.24) is 10.2 Å². The van der Waals surface area contributed by atoms with Crippen molar-refractivity contribution in [3.63, 3.8) is 0 Å². The number of nitrogens with zero attached hydrogens (tertiary/aromatic N) is 2. The second kappa shape index (κ2) is 10.8. The Labute approximate surface area is 215 Å². The predicted octanol–water partition coefficient (Wildman–Crippen LogP) is 3.50. The average molecular weight is 529 g/mol. The zero-order chi connectivity index (χ0) is 25.8. The molecule has 0 bridgehead atoms. The van der Waals surface area contributed by atoms with Crippen LogP contribution in [0.25, 0.3) is 0 Å². The highest BCUT2D eigenvalue weighted by Gasteiger charge is 2.55. The number of carbonyl (C=O) groups excluding carboxylic acids is 3. The molecule has 2 aliphatic rings. The lowest BCUT2D eigenvalue weighted by Gasteiger charge is -2.49. The third-order valence-corrected chi connectivity index (χ3v) is 7.36. The Hall–Kier alpha value is -3.83. The number of rotatable bonds is 8. The second-order valence-electron chi connectivity index (χ2n) is 7.93. The molecule has 1 fully saturated rings. The number of non-ortho nitro benzene ring substituents is 1. The molecule has 1 saturated heterocycles. The molecule has 0 aliphatic carbocycles.